The molecule has 3 N–H and O–H groups in total. The summed E-state index contributed by atoms with van der Waals surface area (Å²) in [6.45, 7) is 2.40. The van der Waals surface area contributed by atoms with E-state index in [1.165, 1.54) is 12.1 Å². The minimum atomic E-state index is -1.58. The summed E-state index contributed by atoms with van der Waals surface area (Å²) in [5, 5.41) is 43.3. The van der Waals surface area contributed by atoms with Crippen LogP contribution in [0.2, 0.25) is 0 Å². The lowest BCUT2D eigenvalue weighted by molar-refractivity contribution is -0.790. The summed E-state index contributed by atoms with van der Waals surface area (Å²) in [6, 6.07) is 24.2. The summed E-state index contributed by atoms with van der Waals surface area (Å²) in [5.74, 6) is -2.00. The van der Waals surface area contributed by atoms with Gasteiger partial charge in [0.1, 0.15) is 19.0 Å². The number of carbonyl (C=O) groups excluding carboxylic acids is 2. The number of nitrogens with zero attached hydrogens (tertiary/aromatic N) is 3. The number of anilines is 1. The van der Waals surface area contributed by atoms with E-state index in [2.05, 4.69) is 15.0 Å². The Labute approximate surface area is 297 Å². The number of rotatable bonds is 19. The molecule has 4 aromatic rings. The van der Waals surface area contributed by atoms with E-state index in [0.29, 0.717) is 33.8 Å². The third kappa shape index (κ3) is 10.8. The third-order valence-corrected chi connectivity index (χ3v) is 7.95. The Morgan fingerprint density at radius 2 is 1.50 bits per heavy atom. The smallest absolute Gasteiger partial charge is 0.308 e. The molecule has 15 nitrogen and oxygen atoms in total. The fraction of sp³-hybridized carbons (Fsp3) is 0.333. The van der Waals surface area contributed by atoms with E-state index in [1.807, 2.05) is 54.8 Å². The van der Waals surface area contributed by atoms with E-state index in [0.717, 1.165) is 5.56 Å². The normalized spacial score (nSPS) is 12.8. The van der Waals surface area contributed by atoms with E-state index in [1.54, 1.807) is 36.4 Å². The Bertz CT molecular complexity index is 1820. The fourth-order valence-corrected chi connectivity index (χ4v) is 5.81. The Morgan fingerprint density at radius 3 is 2.10 bits per heavy atom. The van der Waals surface area contributed by atoms with Crippen molar-refractivity contribution in [3.63, 3.8) is 0 Å². The molecule has 0 aliphatic rings. The number of hydrogen-bond acceptors (Lipinski definition) is 11. The molecule has 0 bridgehead atoms. The van der Waals surface area contributed by atoms with Crippen molar-refractivity contribution in [2.75, 3.05) is 18.5 Å². The van der Waals surface area contributed by atoms with E-state index in [4.69, 9.17) is 4.74 Å². The molecule has 0 aliphatic carbocycles. The molecule has 1 aromatic heterocycles. The van der Waals surface area contributed by atoms with Gasteiger partial charge in [-0.15, -0.1) is 20.2 Å². The molecule has 1 heterocycles. The average molecular weight is 723 g/mol. The van der Waals surface area contributed by atoms with Crippen molar-refractivity contribution in [3.8, 4) is 22.4 Å². The molecule has 0 saturated heterocycles. The second kappa shape index (κ2) is 18.4. The van der Waals surface area contributed by atoms with Crippen LogP contribution < -0.4 is 5.32 Å². The number of benzene rings is 3. The van der Waals surface area contributed by atoms with Crippen molar-refractivity contribution < 1.29 is 48.8 Å². The SMILES string of the molecule is CC(C)c1c(C(=O)Nc2ccccc2)c(-c2ccccc2)c(-c2ccc(F)cc2)n1CC[C@@H](O)C[C@@H](O)CC(=O)OCC(CO[N+](=O)[O-])O[N+](=O)[O-]. The zero-order valence-electron chi connectivity index (χ0n) is 28.4. The van der Waals surface area contributed by atoms with Gasteiger partial charge < -0.3 is 34.5 Å². The van der Waals surface area contributed by atoms with Crippen LogP contribution in [0, 0.1) is 26.0 Å². The van der Waals surface area contributed by atoms with E-state index in [-0.39, 0.29) is 31.2 Å². The molecule has 1 amide bonds. The highest BCUT2D eigenvalue weighted by molar-refractivity contribution is 6.12. The van der Waals surface area contributed by atoms with Crippen LogP contribution in [-0.4, -0.2) is 68.4 Å². The molecule has 0 aliphatic heterocycles. The van der Waals surface area contributed by atoms with Crippen molar-refractivity contribution in [1.82, 2.24) is 4.57 Å². The Hall–Kier alpha value is -5.87. The lowest BCUT2D eigenvalue weighted by Crippen LogP contribution is -2.31. The molecule has 3 aromatic carbocycles. The maximum Gasteiger partial charge on any atom is 0.308 e. The van der Waals surface area contributed by atoms with Crippen LogP contribution in [0.4, 0.5) is 10.1 Å². The van der Waals surface area contributed by atoms with Gasteiger partial charge in [0.15, 0.2) is 6.10 Å². The van der Waals surface area contributed by atoms with Gasteiger partial charge in [0.2, 0.25) is 0 Å². The van der Waals surface area contributed by atoms with Gasteiger partial charge in [-0.25, -0.2) is 4.39 Å². The minimum absolute atomic E-state index is 0.0691. The van der Waals surface area contributed by atoms with Gasteiger partial charge in [0.05, 0.1) is 29.9 Å². The van der Waals surface area contributed by atoms with Gasteiger partial charge in [-0.3, -0.25) is 9.59 Å². The molecule has 1 unspecified atom stereocenters. The summed E-state index contributed by atoms with van der Waals surface area (Å²) in [5.41, 5.74) is 4.26. The number of nitrogens with one attached hydrogen (secondary N) is 1. The van der Waals surface area contributed by atoms with Gasteiger partial charge in [-0.05, 0) is 66.3 Å². The predicted octanol–water partition coefficient (Wildman–Crippen LogP) is 5.56. The predicted molar refractivity (Wildman–Crippen MR) is 185 cm³/mol. The summed E-state index contributed by atoms with van der Waals surface area (Å²) in [4.78, 5) is 55.9. The van der Waals surface area contributed by atoms with Gasteiger partial charge in [-0.1, -0.05) is 62.4 Å². The number of aliphatic hydroxyl groups excluding tert-OH is 2. The summed E-state index contributed by atoms with van der Waals surface area (Å²) < 4.78 is 21.0. The van der Waals surface area contributed by atoms with Crippen molar-refractivity contribution in [3.05, 3.63) is 122 Å². The molecule has 276 valence electrons. The number of para-hydroxylation sites is 1. The number of carbonyl (C=O) groups is 2. The lowest BCUT2D eigenvalue weighted by Gasteiger charge is -2.20. The number of aromatic nitrogens is 1. The van der Waals surface area contributed by atoms with Gasteiger partial charge >= 0.3 is 5.97 Å². The van der Waals surface area contributed by atoms with Crippen LogP contribution in [0.25, 0.3) is 22.4 Å². The first-order chi connectivity index (χ1) is 24.8. The van der Waals surface area contributed by atoms with E-state index < -0.39 is 59.9 Å². The monoisotopic (exact) mass is 722 g/mol. The molecule has 4 rings (SSSR count). The zero-order chi connectivity index (χ0) is 37.8. The van der Waals surface area contributed by atoms with Crippen LogP contribution in [0.5, 0.6) is 0 Å². The molecular weight excluding hydrogens is 683 g/mol. The maximum atomic E-state index is 14.2. The number of esters is 1. The van der Waals surface area contributed by atoms with E-state index in [9.17, 15) is 44.4 Å². The molecule has 0 fully saturated rings. The van der Waals surface area contributed by atoms with Gasteiger partial charge in [-0.2, -0.15) is 0 Å². The standard InChI is InChI=1S/C36H39FN4O11/c1-23(2)34-33(36(45)38-27-11-7-4-8-12-27)32(24-9-5-3-6-10-24)35(25-13-15-26(37)16-14-25)39(34)18-17-28(42)19-29(43)20-31(44)50-21-30(52-41(48)49)22-51-40(46)47/h3-16,23,28-30,42-43H,17-22H2,1-2H3,(H,38,45)/t28-,29-,30?/m1/s1. The van der Waals surface area contributed by atoms with Crippen molar-refractivity contribution in [2.24, 2.45) is 0 Å². The number of amides is 1. The molecule has 0 saturated carbocycles. The molecule has 0 spiro atoms. The summed E-state index contributed by atoms with van der Waals surface area (Å²) in [6.07, 6.45) is -4.90. The maximum absolute atomic E-state index is 14.2. The Balaban J connectivity index is 1.60. The van der Waals surface area contributed by atoms with Gasteiger partial charge in [0.25, 0.3) is 16.1 Å². The first-order valence-electron chi connectivity index (χ1n) is 16.4. The molecule has 52 heavy (non-hydrogen) atoms. The molecule has 16 heteroatoms. The molecular formula is C36H39FN4O11. The summed E-state index contributed by atoms with van der Waals surface area (Å²) in [7, 11) is 0. The first-order valence-corrected chi connectivity index (χ1v) is 16.4. The zero-order valence-corrected chi connectivity index (χ0v) is 28.4. The largest absolute Gasteiger partial charge is 0.463 e. The molecule has 3 atom stereocenters. The topological polar surface area (TPSA) is 206 Å². The van der Waals surface area contributed by atoms with Crippen molar-refractivity contribution in [1.29, 1.82) is 0 Å². The molecule has 0 radical (unpaired) electrons. The quantitative estimate of drug-likeness (QED) is 0.0621. The fourth-order valence-electron chi connectivity index (χ4n) is 5.81. The first kappa shape index (κ1) is 38.9. The van der Waals surface area contributed by atoms with E-state index >= 15 is 0 Å². The Morgan fingerprint density at radius 1 is 0.865 bits per heavy atom. The number of aliphatic hydroxyl groups is 2. The second-order valence-electron chi connectivity index (χ2n) is 12.2. The lowest BCUT2D eigenvalue weighted by atomic mass is 9.94. The highest BCUT2D eigenvalue weighted by Gasteiger charge is 2.31. The minimum Gasteiger partial charge on any atom is -0.463 e. The van der Waals surface area contributed by atoms with Crippen LogP contribution in [0.15, 0.2) is 84.9 Å². The summed E-state index contributed by atoms with van der Waals surface area (Å²) >= 11 is 0. The highest BCUT2D eigenvalue weighted by atomic mass is 19.1. The van der Waals surface area contributed by atoms with Crippen LogP contribution >= 0.6 is 0 Å². The van der Waals surface area contributed by atoms with Crippen LogP contribution in [-0.2, 0) is 25.8 Å². The van der Waals surface area contributed by atoms with Crippen LogP contribution in [0.1, 0.15) is 55.1 Å². The van der Waals surface area contributed by atoms with Crippen LogP contribution in [0.3, 0.4) is 0 Å². The third-order valence-electron chi connectivity index (χ3n) is 7.95. The number of ether oxygens (including phenoxy) is 1. The van der Waals surface area contributed by atoms with Crippen molar-refractivity contribution in [2.45, 2.75) is 63.9 Å². The highest BCUT2D eigenvalue weighted by Crippen LogP contribution is 2.42. The average Bonchev–Trinajstić information content (AvgIpc) is 3.45. The number of halogens is 1. The Kier molecular flexibility index (Phi) is 13.8. The number of hydrogen-bond donors (Lipinski definition) is 3. The second-order valence-corrected chi connectivity index (χ2v) is 12.2. The van der Waals surface area contributed by atoms with Crippen molar-refractivity contribution >= 4 is 17.6 Å². The van der Waals surface area contributed by atoms with Gasteiger partial charge in [0, 0.05) is 23.5 Å².